The minimum atomic E-state index is -0.788. The zero-order valence-electron chi connectivity index (χ0n) is 11.6. The van der Waals surface area contributed by atoms with Crippen LogP contribution in [0.4, 0.5) is 5.82 Å². The van der Waals surface area contributed by atoms with Gasteiger partial charge >= 0.3 is 5.97 Å². The summed E-state index contributed by atoms with van der Waals surface area (Å²) < 4.78 is 5.27. The van der Waals surface area contributed by atoms with E-state index in [1.165, 1.54) is 6.33 Å². The van der Waals surface area contributed by atoms with E-state index >= 15 is 0 Å². The molecule has 0 spiro atoms. The number of aromatic nitrogens is 2. The molecule has 0 amide bonds. The first-order valence-electron chi connectivity index (χ1n) is 6.50. The average molecular weight is 267 g/mol. The van der Waals surface area contributed by atoms with Gasteiger partial charge in [0.1, 0.15) is 12.1 Å². The molecule has 106 valence electrons. The van der Waals surface area contributed by atoms with Crippen molar-refractivity contribution in [3.05, 3.63) is 12.4 Å². The monoisotopic (exact) mass is 267 g/mol. The molecule has 1 rings (SSSR count). The molecule has 6 nitrogen and oxygen atoms in total. The summed E-state index contributed by atoms with van der Waals surface area (Å²) in [5.41, 5.74) is -0.767. The van der Waals surface area contributed by atoms with Gasteiger partial charge in [0.05, 0.1) is 12.0 Å². The molecular weight excluding hydrogens is 246 g/mol. The first kappa shape index (κ1) is 15.2. The Balaban J connectivity index is 2.74. The third kappa shape index (κ3) is 3.81. The van der Waals surface area contributed by atoms with Gasteiger partial charge in [-0.3, -0.25) is 4.79 Å². The number of aliphatic carboxylic acids is 1. The number of hydrogen-bond donors (Lipinski definition) is 2. The van der Waals surface area contributed by atoms with Crippen molar-refractivity contribution in [3.8, 4) is 5.88 Å². The van der Waals surface area contributed by atoms with Crippen molar-refractivity contribution >= 4 is 11.8 Å². The smallest absolute Gasteiger partial charge is 0.311 e. The Kier molecular flexibility index (Phi) is 5.54. The third-order valence-corrected chi connectivity index (χ3v) is 3.35. The number of rotatable bonds is 8. The van der Waals surface area contributed by atoms with Gasteiger partial charge in [-0.1, -0.05) is 13.8 Å². The number of carboxylic acids is 1. The summed E-state index contributed by atoms with van der Waals surface area (Å²) >= 11 is 0. The van der Waals surface area contributed by atoms with Crippen molar-refractivity contribution in [3.63, 3.8) is 0 Å². The number of nitrogens with zero attached hydrogens (tertiary/aromatic N) is 2. The summed E-state index contributed by atoms with van der Waals surface area (Å²) in [5.74, 6) is 0.268. The second kappa shape index (κ2) is 6.92. The zero-order chi connectivity index (χ0) is 14.3. The van der Waals surface area contributed by atoms with Crippen molar-refractivity contribution in [1.82, 2.24) is 9.97 Å². The second-order valence-corrected chi connectivity index (χ2v) is 4.32. The van der Waals surface area contributed by atoms with Crippen LogP contribution in [-0.2, 0) is 4.79 Å². The number of hydrogen-bond acceptors (Lipinski definition) is 5. The van der Waals surface area contributed by atoms with Crippen LogP contribution in [0.15, 0.2) is 12.4 Å². The molecular formula is C13H21N3O3. The Labute approximate surface area is 113 Å². The summed E-state index contributed by atoms with van der Waals surface area (Å²) in [4.78, 5) is 19.4. The number of carbonyl (C=O) groups is 1. The lowest BCUT2D eigenvalue weighted by molar-refractivity contribution is -0.148. The number of nitrogens with one attached hydrogen (secondary N) is 1. The highest BCUT2D eigenvalue weighted by atomic mass is 16.5. The fraction of sp³-hybridized carbons (Fsp3) is 0.615. The highest BCUT2D eigenvalue weighted by Gasteiger charge is 2.34. The van der Waals surface area contributed by atoms with Crippen molar-refractivity contribution < 1.29 is 14.6 Å². The van der Waals surface area contributed by atoms with Crippen LogP contribution < -0.4 is 10.1 Å². The molecule has 2 N–H and O–H groups in total. The van der Waals surface area contributed by atoms with Crippen LogP contribution in [0.1, 0.15) is 33.6 Å². The molecule has 0 unspecified atom stereocenters. The topological polar surface area (TPSA) is 84.3 Å². The van der Waals surface area contributed by atoms with Gasteiger partial charge in [-0.15, -0.1) is 0 Å². The maximum atomic E-state index is 11.4. The SMILES string of the molecule is CCOc1cc(NCC(CC)(CC)C(=O)O)ncn1. The van der Waals surface area contributed by atoms with E-state index in [0.29, 0.717) is 37.7 Å². The molecule has 0 bridgehead atoms. The number of carboxylic acid groups (broad SMARTS) is 1. The maximum absolute atomic E-state index is 11.4. The van der Waals surface area contributed by atoms with Crippen molar-refractivity contribution in [2.75, 3.05) is 18.5 Å². The summed E-state index contributed by atoms with van der Waals surface area (Å²) in [6.07, 6.45) is 2.53. The van der Waals surface area contributed by atoms with E-state index in [1.54, 1.807) is 6.07 Å². The minimum absolute atomic E-state index is 0.331. The molecule has 0 saturated heterocycles. The predicted molar refractivity (Wildman–Crippen MR) is 72.3 cm³/mol. The maximum Gasteiger partial charge on any atom is 0.311 e. The highest BCUT2D eigenvalue weighted by molar-refractivity contribution is 5.75. The Bertz CT molecular complexity index is 419. The quantitative estimate of drug-likeness (QED) is 0.751. The van der Waals surface area contributed by atoms with Crippen LogP contribution in [0.3, 0.4) is 0 Å². The molecule has 0 saturated carbocycles. The molecule has 0 aromatic carbocycles. The highest BCUT2D eigenvalue weighted by Crippen LogP contribution is 2.27. The van der Waals surface area contributed by atoms with E-state index in [-0.39, 0.29) is 0 Å². The van der Waals surface area contributed by atoms with Gasteiger partial charge in [-0.05, 0) is 19.8 Å². The van der Waals surface area contributed by atoms with Crippen LogP contribution in [0.2, 0.25) is 0 Å². The molecule has 0 fully saturated rings. The molecule has 1 heterocycles. The molecule has 0 radical (unpaired) electrons. The van der Waals surface area contributed by atoms with Crippen LogP contribution in [0.5, 0.6) is 5.88 Å². The Morgan fingerprint density at radius 2 is 2.05 bits per heavy atom. The van der Waals surface area contributed by atoms with E-state index in [9.17, 15) is 9.90 Å². The van der Waals surface area contributed by atoms with Crippen LogP contribution in [-0.4, -0.2) is 34.2 Å². The first-order valence-corrected chi connectivity index (χ1v) is 6.50. The lowest BCUT2D eigenvalue weighted by atomic mass is 9.82. The Hall–Kier alpha value is -1.85. The van der Waals surface area contributed by atoms with Crippen LogP contribution in [0.25, 0.3) is 0 Å². The normalized spacial score (nSPS) is 11.1. The molecule has 1 aromatic rings. The predicted octanol–water partition coefficient (Wildman–Crippen LogP) is 2.18. The van der Waals surface area contributed by atoms with E-state index in [1.807, 2.05) is 20.8 Å². The number of ether oxygens (including phenoxy) is 1. The first-order chi connectivity index (χ1) is 9.07. The Morgan fingerprint density at radius 1 is 1.37 bits per heavy atom. The standard InChI is InChI=1S/C13H21N3O3/c1-4-13(5-2,12(17)18)8-14-10-7-11(19-6-3)16-9-15-10/h7,9H,4-6,8H2,1-3H3,(H,17,18)(H,14,15,16). The molecule has 0 aliphatic heterocycles. The Morgan fingerprint density at radius 3 is 2.58 bits per heavy atom. The van der Waals surface area contributed by atoms with E-state index in [4.69, 9.17) is 4.74 Å². The van der Waals surface area contributed by atoms with E-state index in [2.05, 4.69) is 15.3 Å². The molecule has 0 aliphatic rings. The summed E-state index contributed by atoms with van der Waals surface area (Å²) in [5, 5.41) is 12.4. The molecule has 19 heavy (non-hydrogen) atoms. The fourth-order valence-electron chi connectivity index (χ4n) is 1.80. The fourth-order valence-corrected chi connectivity index (χ4v) is 1.80. The second-order valence-electron chi connectivity index (χ2n) is 4.32. The summed E-state index contributed by atoms with van der Waals surface area (Å²) in [6, 6.07) is 1.67. The van der Waals surface area contributed by atoms with Gasteiger partial charge in [-0.25, -0.2) is 9.97 Å². The zero-order valence-corrected chi connectivity index (χ0v) is 11.6. The van der Waals surface area contributed by atoms with Gasteiger partial charge in [-0.2, -0.15) is 0 Å². The van der Waals surface area contributed by atoms with E-state index in [0.717, 1.165) is 0 Å². The summed E-state index contributed by atoms with van der Waals surface area (Å²) in [6.45, 7) is 6.49. The lowest BCUT2D eigenvalue weighted by Gasteiger charge is -2.27. The molecule has 0 atom stereocenters. The molecule has 6 heteroatoms. The summed E-state index contributed by atoms with van der Waals surface area (Å²) in [7, 11) is 0. The van der Waals surface area contributed by atoms with Gasteiger partial charge in [0.2, 0.25) is 5.88 Å². The molecule has 0 aliphatic carbocycles. The van der Waals surface area contributed by atoms with Crippen LogP contribution in [0, 0.1) is 5.41 Å². The van der Waals surface area contributed by atoms with Crippen molar-refractivity contribution in [2.24, 2.45) is 5.41 Å². The largest absolute Gasteiger partial charge is 0.481 e. The number of anilines is 1. The molecule has 1 aromatic heterocycles. The average Bonchev–Trinajstić information content (AvgIpc) is 2.41. The lowest BCUT2D eigenvalue weighted by Crippen LogP contribution is -2.37. The van der Waals surface area contributed by atoms with Gasteiger partial charge in [0.25, 0.3) is 0 Å². The van der Waals surface area contributed by atoms with Crippen LogP contribution >= 0.6 is 0 Å². The van der Waals surface area contributed by atoms with Crippen molar-refractivity contribution in [1.29, 1.82) is 0 Å². The van der Waals surface area contributed by atoms with E-state index < -0.39 is 11.4 Å². The minimum Gasteiger partial charge on any atom is -0.481 e. The van der Waals surface area contributed by atoms with Gasteiger partial charge in [0.15, 0.2) is 0 Å². The third-order valence-electron chi connectivity index (χ3n) is 3.35. The van der Waals surface area contributed by atoms with Gasteiger partial charge < -0.3 is 15.2 Å². The van der Waals surface area contributed by atoms with Gasteiger partial charge in [0, 0.05) is 12.6 Å². The van der Waals surface area contributed by atoms with Crippen molar-refractivity contribution in [2.45, 2.75) is 33.6 Å².